The van der Waals surface area contributed by atoms with E-state index in [4.69, 9.17) is 10.00 Å². The fourth-order valence-corrected chi connectivity index (χ4v) is 3.78. The van der Waals surface area contributed by atoms with E-state index in [2.05, 4.69) is 15.5 Å². The Morgan fingerprint density at radius 2 is 2.04 bits per heavy atom. The van der Waals surface area contributed by atoms with Crippen molar-refractivity contribution in [2.24, 2.45) is 0 Å². The molecule has 0 saturated heterocycles. The van der Waals surface area contributed by atoms with E-state index in [-0.39, 0.29) is 5.56 Å². The van der Waals surface area contributed by atoms with Crippen molar-refractivity contribution >= 4 is 33.9 Å². The van der Waals surface area contributed by atoms with Gasteiger partial charge in [-0.2, -0.15) is 5.26 Å². The van der Waals surface area contributed by atoms with Crippen LogP contribution in [0.5, 0.6) is 5.75 Å². The van der Waals surface area contributed by atoms with E-state index in [0.717, 1.165) is 5.69 Å². The van der Waals surface area contributed by atoms with Gasteiger partial charge in [-0.3, -0.25) is 0 Å². The Morgan fingerprint density at radius 1 is 1.21 bits per heavy atom. The highest BCUT2D eigenvalue weighted by Crippen LogP contribution is 2.36. The summed E-state index contributed by atoms with van der Waals surface area (Å²) in [6.07, 6.45) is 0. The van der Waals surface area contributed by atoms with Crippen LogP contribution in [0.1, 0.15) is 5.56 Å². The minimum absolute atomic E-state index is 0.0111. The molecule has 0 aliphatic rings. The zero-order chi connectivity index (χ0) is 16.9. The van der Waals surface area contributed by atoms with Crippen LogP contribution >= 0.6 is 23.1 Å². The number of ether oxygens (including phenoxy) is 1. The Hall–Kier alpha value is -2.63. The van der Waals surface area contributed by atoms with Crippen LogP contribution in [0.15, 0.2) is 51.7 Å². The monoisotopic (exact) mass is 358 g/mol. The van der Waals surface area contributed by atoms with E-state index in [0.29, 0.717) is 20.1 Å². The molecule has 0 unspecified atom stereocenters. The topological polar surface area (TPSA) is 70.8 Å². The van der Waals surface area contributed by atoms with Crippen molar-refractivity contribution in [3.8, 4) is 11.8 Å². The number of methoxy groups -OCH3 is 1. The average molecular weight is 358 g/mol. The van der Waals surface area contributed by atoms with Crippen molar-refractivity contribution in [2.75, 3.05) is 12.4 Å². The predicted molar refractivity (Wildman–Crippen MR) is 91.4 cm³/mol. The molecular formula is C16H11FN4OS2. The van der Waals surface area contributed by atoms with Gasteiger partial charge < -0.3 is 10.1 Å². The summed E-state index contributed by atoms with van der Waals surface area (Å²) in [6.45, 7) is 0. The molecule has 0 bridgehead atoms. The molecule has 0 fully saturated rings. The molecule has 0 aliphatic carbocycles. The molecular weight excluding hydrogens is 347 g/mol. The highest BCUT2D eigenvalue weighted by Gasteiger charge is 2.13. The molecule has 120 valence electrons. The van der Waals surface area contributed by atoms with Crippen LogP contribution in [0, 0.1) is 17.1 Å². The minimum Gasteiger partial charge on any atom is -0.495 e. The number of anilines is 2. The van der Waals surface area contributed by atoms with E-state index in [1.54, 1.807) is 19.2 Å². The first-order valence-electron chi connectivity index (χ1n) is 6.81. The van der Waals surface area contributed by atoms with Gasteiger partial charge in [0, 0.05) is 4.90 Å². The third-order valence-electron chi connectivity index (χ3n) is 3.04. The lowest BCUT2D eigenvalue weighted by Gasteiger charge is -2.07. The fourth-order valence-electron chi connectivity index (χ4n) is 1.96. The van der Waals surface area contributed by atoms with Gasteiger partial charge in [-0.15, -0.1) is 10.2 Å². The molecule has 1 heterocycles. The number of nitrogens with one attached hydrogen (secondary N) is 1. The normalized spacial score (nSPS) is 10.2. The zero-order valence-corrected chi connectivity index (χ0v) is 14.1. The quantitative estimate of drug-likeness (QED) is 0.726. The van der Waals surface area contributed by atoms with E-state index in [9.17, 15) is 4.39 Å². The first-order valence-corrected chi connectivity index (χ1v) is 8.44. The molecule has 8 heteroatoms. The Morgan fingerprint density at radius 3 is 2.83 bits per heavy atom. The molecule has 0 atom stereocenters. The van der Waals surface area contributed by atoms with Crippen LogP contribution in [-0.2, 0) is 0 Å². The first-order chi connectivity index (χ1) is 11.7. The van der Waals surface area contributed by atoms with E-state index in [1.807, 2.05) is 30.3 Å². The zero-order valence-electron chi connectivity index (χ0n) is 12.5. The summed E-state index contributed by atoms with van der Waals surface area (Å²) >= 11 is 2.51. The first kappa shape index (κ1) is 16.2. The summed E-state index contributed by atoms with van der Waals surface area (Å²) in [5.41, 5.74) is 0.785. The molecule has 0 radical (unpaired) electrons. The second-order valence-electron chi connectivity index (χ2n) is 4.53. The number of hydrogen-bond acceptors (Lipinski definition) is 7. The Bertz CT molecular complexity index is 907. The van der Waals surface area contributed by atoms with Gasteiger partial charge in [0.2, 0.25) is 5.13 Å². The number of hydrogen-bond donors (Lipinski definition) is 1. The Kier molecular flexibility index (Phi) is 4.93. The van der Waals surface area contributed by atoms with Crippen LogP contribution in [-0.4, -0.2) is 17.3 Å². The lowest BCUT2D eigenvalue weighted by molar-refractivity contribution is 0.417. The molecule has 5 nitrogen and oxygen atoms in total. The number of halogens is 1. The Balaban J connectivity index is 1.80. The summed E-state index contributed by atoms with van der Waals surface area (Å²) in [7, 11) is 1.59. The number of nitriles is 1. The highest BCUT2D eigenvalue weighted by molar-refractivity contribution is 8.01. The van der Waals surface area contributed by atoms with Crippen LogP contribution < -0.4 is 10.1 Å². The Labute approximate surface area is 146 Å². The summed E-state index contributed by atoms with van der Waals surface area (Å²) in [6, 6.07) is 13.8. The number of aromatic nitrogens is 2. The smallest absolute Gasteiger partial charge is 0.211 e. The number of benzene rings is 2. The van der Waals surface area contributed by atoms with Crippen LogP contribution in [0.25, 0.3) is 0 Å². The van der Waals surface area contributed by atoms with Crippen molar-refractivity contribution in [3.05, 3.63) is 53.8 Å². The fraction of sp³-hybridized carbons (Fsp3) is 0.0625. The SMILES string of the molecule is COc1ccccc1Nc1nnc(Sc2cccc(F)c2C#N)s1. The van der Waals surface area contributed by atoms with Crippen LogP contribution in [0.4, 0.5) is 15.2 Å². The van der Waals surface area contributed by atoms with Gasteiger partial charge in [0.05, 0.1) is 12.8 Å². The summed E-state index contributed by atoms with van der Waals surface area (Å²) in [5.74, 6) is 0.151. The third kappa shape index (κ3) is 3.48. The minimum atomic E-state index is -0.542. The van der Waals surface area contributed by atoms with Crippen LogP contribution in [0.2, 0.25) is 0 Å². The summed E-state index contributed by atoms with van der Waals surface area (Å²) in [5, 5.41) is 20.9. The lowest BCUT2D eigenvalue weighted by atomic mass is 10.2. The number of nitrogens with zero attached hydrogens (tertiary/aromatic N) is 3. The number of para-hydroxylation sites is 2. The third-order valence-corrected chi connectivity index (χ3v) is 4.99. The molecule has 0 amide bonds. The predicted octanol–water partition coefficient (Wildman–Crippen LogP) is 4.45. The van der Waals surface area contributed by atoms with E-state index in [1.165, 1.54) is 29.2 Å². The molecule has 2 aromatic carbocycles. The standard InChI is InChI=1S/C16H11FN4OS2/c1-22-13-7-3-2-6-12(13)19-15-20-21-16(24-15)23-14-8-4-5-11(17)10(14)9-18/h2-8H,1H3,(H,19,20). The molecule has 1 N–H and O–H groups in total. The van der Waals surface area contributed by atoms with Crippen molar-refractivity contribution < 1.29 is 9.13 Å². The van der Waals surface area contributed by atoms with Gasteiger partial charge in [-0.05, 0) is 24.3 Å². The van der Waals surface area contributed by atoms with Crippen LogP contribution in [0.3, 0.4) is 0 Å². The summed E-state index contributed by atoms with van der Waals surface area (Å²) < 4.78 is 19.5. The van der Waals surface area contributed by atoms with E-state index >= 15 is 0 Å². The average Bonchev–Trinajstić information content (AvgIpc) is 3.02. The van der Waals surface area contributed by atoms with Crippen molar-refractivity contribution in [2.45, 2.75) is 9.24 Å². The van der Waals surface area contributed by atoms with E-state index < -0.39 is 5.82 Å². The number of rotatable bonds is 5. The van der Waals surface area contributed by atoms with Gasteiger partial charge in [0.15, 0.2) is 4.34 Å². The van der Waals surface area contributed by atoms with Gasteiger partial charge in [-0.25, -0.2) is 4.39 Å². The van der Waals surface area contributed by atoms with Gasteiger partial charge in [0.1, 0.15) is 23.2 Å². The van der Waals surface area contributed by atoms with Gasteiger partial charge in [-0.1, -0.05) is 41.3 Å². The molecule has 0 spiro atoms. The second-order valence-corrected chi connectivity index (χ2v) is 6.79. The van der Waals surface area contributed by atoms with Gasteiger partial charge in [0.25, 0.3) is 0 Å². The van der Waals surface area contributed by atoms with Gasteiger partial charge >= 0.3 is 0 Å². The van der Waals surface area contributed by atoms with Crippen molar-refractivity contribution in [1.29, 1.82) is 5.26 Å². The molecule has 0 aliphatic heterocycles. The maximum atomic E-state index is 13.6. The molecule has 3 aromatic rings. The molecule has 1 aromatic heterocycles. The summed E-state index contributed by atoms with van der Waals surface area (Å²) in [4.78, 5) is 0.512. The maximum absolute atomic E-state index is 13.6. The van der Waals surface area contributed by atoms with Crippen molar-refractivity contribution in [3.63, 3.8) is 0 Å². The maximum Gasteiger partial charge on any atom is 0.211 e. The van der Waals surface area contributed by atoms with Crippen molar-refractivity contribution in [1.82, 2.24) is 10.2 Å². The molecule has 24 heavy (non-hydrogen) atoms. The lowest BCUT2D eigenvalue weighted by Crippen LogP contribution is -1.93. The highest BCUT2D eigenvalue weighted by atomic mass is 32.2. The second kappa shape index (κ2) is 7.29. The largest absolute Gasteiger partial charge is 0.495 e. The molecule has 3 rings (SSSR count). The molecule has 0 saturated carbocycles.